The van der Waals surface area contributed by atoms with Crippen molar-refractivity contribution in [2.75, 3.05) is 6.61 Å². The van der Waals surface area contributed by atoms with Crippen molar-refractivity contribution < 1.29 is 9.84 Å². The van der Waals surface area contributed by atoms with Crippen molar-refractivity contribution in [2.45, 2.75) is 77.2 Å². The van der Waals surface area contributed by atoms with E-state index in [1.165, 1.54) is 11.1 Å². The normalized spacial score (nSPS) is 19.3. The zero-order chi connectivity index (χ0) is 19.8. The molecule has 2 nitrogen and oxygen atoms in total. The lowest BCUT2D eigenvalue weighted by Gasteiger charge is -2.31. The van der Waals surface area contributed by atoms with Crippen molar-refractivity contribution in [3.8, 4) is 5.75 Å². The molecule has 1 saturated heterocycles. The first-order valence-electron chi connectivity index (χ1n) is 10.1. The van der Waals surface area contributed by atoms with Crippen LogP contribution in [0.25, 0.3) is 0 Å². The number of ether oxygens (including phenoxy) is 1. The van der Waals surface area contributed by atoms with Crippen LogP contribution in [-0.4, -0.2) is 17.8 Å². The van der Waals surface area contributed by atoms with Crippen molar-refractivity contribution in [2.24, 2.45) is 0 Å². The van der Waals surface area contributed by atoms with E-state index in [4.69, 9.17) is 4.74 Å². The summed E-state index contributed by atoms with van der Waals surface area (Å²) in [5.74, 6) is 0.634. The first kappa shape index (κ1) is 19.9. The van der Waals surface area contributed by atoms with Crippen molar-refractivity contribution >= 4 is 0 Å². The Labute approximate surface area is 164 Å². The molecule has 1 heterocycles. The van der Waals surface area contributed by atoms with Gasteiger partial charge in [-0.05, 0) is 45.9 Å². The molecule has 2 unspecified atom stereocenters. The Morgan fingerprint density at radius 2 is 1.44 bits per heavy atom. The highest BCUT2D eigenvalue weighted by Gasteiger charge is 2.33. The van der Waals surface area contributed by atoms with Crippen molar-refractivity contribution in [3.05, 3.63) is 64.7 Å². The van der Waals surface area contributed by atoms with E-state index >= 15 is 0 Å². The summed E-state index contributed by atoms with van der Waals surface area (Å²) >= 11 is 0. The van der Waals surface area contributed by atoms with Gasteiger partial charge in [-0.25, -0.2) is 0 Å². The molecule has 3 rings (SSSR count). The summed E-state index contributed by atoms with van der Waals surface area (Å²) in [4.78, 5) is 0. The summed E-state index contributed by atoms with van der Waals surface area (Å²) in [7, 11) is 0. The van der Waals surface area contributed by atoms with Gasteiger partial charge in [0.05, 0.1) is 6.10 Å². The van der Waals surface area contributed by atoms with Gasteiger partial charge in [0.15, 0.2) is 0 Å². The van der Waals surface area contributed by atoms with Gasteiger partial charge in [0.1, 0.15) is 5.75 Å². The van der Waals surface area contributed by atoms with Crippen LogP contribution >= 0.6 is 0 Å². The van der Waals surface area contributed by atoms with Crippen LogP contribution < -0.4 is 0 Å². The minimum atomic E-state index is -0.127. The number of phenols is 1. The van der Waals surface area contributed by atoms with Gasteiger partial charge in [-0.1, -0.05) is 84.0 Å². The molecule has 2 aromatic rings. The number of aromatic hydroxyl groups is 1. The molecule has 0 aromatic heterocycles. The standard InChI is InChI=1S/C25H34O2/c1-24(2,3)19-15-18(16-20(23(19)26)25(4,5)6)22(21-13-10-14-27-21)17-11-8-7-9-12-17/h7-9,11-12,15-16,21-22,26H,10,13-14H2,1-6H3. The van der Waals surface area contributed by atoms with Crippen LogP contribution in [0.15, 0.2) is 42.5 Å². The predicted octanol–water partition coefficient (Wildman–Crippen LogP) is 6.30. The molecule has 2 heteroatoms. The smallest absolute Gasteiger partial charge is 0.123 e. The Bertz CT molecular complexity index is 737. The minimum absolute atomic E-state index is 0.127. The topological polar surface area (TPSA) is 29.5 Å². The molecule has 0 saturated carbocycles. The highest BCUT2D eigenvalue weighted by Crippen LogP contribution is 2.44. The second kappa shape index (κ2) is 7.31. The van der Waals surface area contributed by atoms with Crippen LogP contribution in [0.5, 0.6) is 5.75 Å². The maximum Gasteiger partial charge on any atom is 0.123 e. The largest absolute Gasteiger partial charge is 0.507 e. The van der Waals surface area contributed by atoms with Gasteiger partial charge in [0.2, 0.25) is 0 Å². The van der Waals surface area contributed by atoms with Crippen LogP contribution in [0.4, 0.5) is 0 Å². The molecule has 0 aliphatic carbocycles. The monoisotopic (exact) mass is 366 g/mol. The van der Waals surface area contributed by atoms with Gasteiger partial charge in [-0.15, -0.1) is 0 Å². The summed E-state index contributed by atoms with van der Waals surface area (Å²) in [5.41, 5.74) is 4.32. The average molecular weight is 367 g/mol. The van der Waals surface area contributed by atoms with Gasteiger partial charge >= 0.3 is 0 Å². The Kier molecular flexibility index (Phi) is 5.40. The molecule has 146 valence electrons. The Morgan fingerprint density at radius 1 is 0.889 bits per heavy atom. The Balaban J connectivity index is 2.22. The highest BCUT2D eigenvalue weighted by atomic mass is 16.5. The number of hydrogen-bond acceptors (Lipinski definition) is 2. The third-order valence-electron chi connectivity index (χ3n) is 5.60. The second-order valence-electron chi connectivity index (χ2n) is 9.90. The molecule has 0 spiro atoms. The van der Waals surface area contributed by atoms with Gasteiger partial charge in [0.25, 0.3) is 0 Å². The Morgan fingerprint density at radius 3 is 1.89 bits per heavy atom. The van der Waals surface area contributed by atoms with Crippen LogP contribution in [0, 0.1) is 0 Å². The van der Waals surface area contributed by atoms with E-state index in [0.717, 1.165) is 30.6 Å². The number of rotatable bonds is 3. The quantitative estimate of drug-likeness (QED) is 0.691. The van der Waals surface area contributed by atoms with Crippen LogP contribution in [0.3, 0.4) is 0 Å². The molecule has 0 radical (unpaired) electrons. The van der Waals surface area contributed by atoms with Gasteiger partial charge in [-0.2, -0.15) is 0 Å². The fourth-order valence-electron chi connectivity index (χ4n) is 4.13. The maximum atomic E-state index is 11.1. The summed E-state index contributed by atoms with van der Waals surface area (Å²) < 4.78 is 6.14. The first-order valence-corrected chi connectivity index (χ1v) is 10.1. The summed E-state index contributed by atoms with van der Waals surface area (Å²) in [5, 5.41) is 11.1. The molecule has 0 amide bonds. The molecule has 1 N–H and O–H groups in total. The predicted molar refractivity (Wildman–Crippen MR) is 113 cm³/mol. The molecular weight excluding hydrogens is 332 g/mol. The van der Waals surface area contributed by atoms with E-state index in [1.807, 2.05) is 0 Å². The highest BCUT2D eigenvalue weighted by molar-refractivity contribution is 5.52. The van der Waals surface area contributed by atoms with E-state index in [0.29, 0.717) is 5.75 Å². The SMILES string of the molecule is CC(C)(C)c1cc(C(c2ccccc2)C2CCCO2)cc(C(C)(C)C)c1O. The number of benzene rings is 2. The van der Waals surface area contributed by atoms with Crippen LogP contribution in [0.1, 0.15) is 82.6 Å². The van der Waals surface area contributed by atoms with E-state index in [-0.39, 0.29) is 22.9 Å². The molecule has 0 bridgehead atoms. The fourth-order valence-corrected chi connectivity index (χ4v) is 4.13. The van der Waals surface area contributed by atoms with Crippen LogP contribution in [0.2, 0.25) is 0 Å². The van der Waals surface area contributed by atoms with Crippen LogP contribution in [-0.2, 0) is 15.6 Å². The average Bonchev–Trinajstić information content (AvgIpc) is 3.09. The third kappa shape index (κ3) is 4.21. The maximum absolute atomic E-state index is 11.1. The zero-order valence-corrected chi connectivity index (χ0v) is 17.7. The van der Waals surface area contributed by atoms with E-state index in [1.54, 1.807) is 0 Å². The van der Waals surface area contributed by atoms with E-state index < -0.39 is 0 Å². The van der Waals surface area contributed by atoms with Crippen molar-refractivity contribution in [1.82, 2.24) is 0 Å². The summed E-state index contributed by atoms with van der Waals surface area (Å²) in [6.07, 6.45) is 2.39. The molecule has 1 aliphatic heterocycles. The van der Waals surface area contributed by atoms with E-state index in [2.05, 4.69) is 84.0 Å². The molecular formula is C25H34O2. The molecule has 27 heavy (non-hydrogen) atoms. The zero-order valence-electron chi connectivity index (χ0n) is 17.7. The number of hydrogen-bond donors (Lipinski definition) is 1. The van der Waals surface area contributed by atoms with Gasteiger partial charge < -0.3 is 9.84 Å². The van der Waals surface area contributed by atoms with Gasteiger partial charge in [0, 0.05) is 12.5 Å². The fraction of sp³-hybridized carbons (Fsp3) is 0.520. The van der Waals surface area contributed by atoms with Crippen molar-refractivity contribution in [3.63, 3.8) is 0 Å². The lowest BCUT2D eigenvalue weighted by Crippen LogP contribution is -2.23. The first-order chi connectivity index (χ1) is 12.6. The number of phenolic OH excluding ortho intramolecular Hbond substituents is 1. The molecule has 2 atom stereocenters. The second-order valence-corrected chi connectivity index (χ2v) is 9.90. The van der Waals surface area contributed by atoms with E-state index in [9.17, 15) is 5.11 Å². The summed E-state index contributed by atoms with van der Waals surface area (Å²) in [6.45, 7) is 13.8. The Hall–Kier alpha value is -1.80. The lowest BCUT2D eigenvalue weighted by molar-refractivity contribution is 0.0981. The molecule has 2 aromatic carbocycles. The minimum Gasteiger partial charge on any atom is -0.507 e. The summed E-state index contributed by atoms with van der Waals surface area (Å²) in [6, 6.07) is 15.1. The third-order valence-corrected chi connectivity index (χ3v) is 5.60. The molecule has 1 aliphatic rings. The lowest BCUT2D eigenvalue weighted by atomic mass is 9.75. The van der Waals surface area contributed by atoms with Crippen molar-refractivity contribution in [1.29, 1.82) is 0 Å². The van der Waals surface area contributed by atoms with Gasteiger partial charge in [-0.3, -0.25) is 0 Å². The molecule has 1 fully saturated rings.